The Kier molecular flexibility index (Phi) is 3.33. The Morgan fingerprint density at radius 2 is 2.06 bits per heavy atom. The third-order valence-corrected chi connectivity index (χ3v) is 3.26. The highest BCUT2D eigenvalue weighted by atomic mass is 79.9. The van der Waals surface area contributed by atoms with E-state index in [4.69, 9.17) is 21.8 Å². The SMILES string of the molecule is NC(c1cc(F)ccc1Cl)c1ccoc1Br. The first kappa shape index (κ1) is 11.6. The molecule has 0 fully saturated rings. The summed E-state index contributed by atoms with van der Waals surface area (Å²) in [5.74, 6) is -0.366. The van der Waals surface area contributed by atoms with Crippen LogP contribution >= 0.6 is 27.5 Å². The van der Waals surface area contributed by atoms with Crippen molar-refractivity contribution in [3.63, 3.8) is 0 Å². The Labute approximate surface area is 105 Å². The second kappa shape index (κ2) is 4.57. The highest BCUT2D eigenvalue weighted by Crippen LogP contribution is 2.31. The van der Waals surface area contributed by atoms with Crippen LogP contribution in [0.25, 0.3) is 0 Å². The zero-order valence-corrected chi connectivity index (χ0v) is 10.4. The Hall–Kier alpha value is -0.840. The number of benzene rings is 1. The summed E-state index contributed by atoms with van der Waals surface area (Å²) in [6.45, 7) is 0. The molecule has 1 aromatic heterocycles. The molecule has 2 rings (SSSR count). The minimum absolute atomic E-state index is 0.366. The lowest BCUT2D eigenvalue weighted by molar-refractivity contribution is 0.534. The van der Waals surface area contributed by atoms with Crippen LogP contribution in [0, 0.1) is 5.82 Å². The van der Waals surface area contributed by atoms with Gasteiger partial charge in [0.25, 0.3) is 0 Å². The van der Waals surface area contributed by atoms with Gasteiger partial charge >= 0.3 is 0 Å². The topological polar surface area (TPSA) is 39.2 Å². The summed E-state index contributed by atoms with van der Waals surface area (Å²) >= 11 is 9.19. The molecule has 2 nitrogen and oxygen atoms in total. The molecule has 0 saturated carbocycles. The van der Waals surface area contributed by atoms with E-state index in [1.54, 1.807) is 6.07 Å². The number of halogens is 3. The molecular formula is C11H8BrClFNO. The number of hydrogen-bond acceptors (Lipinski definition) is 2. The lowest BCUT2D eigenvalue weighted by Gasteiger charge is -2.12. The van der Waals surface area contributed by atoms with E-state index < -0.39 is 6.04 Å². The fraction of sp³-hybridized carbons (Fsp3) is 0.0909. The van der Waals surface area contributed by atoms with Gasteiger partial charge in [-0.15, -0.1) is 0 Å². The zero-order chi connectivity index (χ0) is 11.7. The average Bonchev–Trinajstić information content (AvgIpc) is 2.67. The van der Waals surface area contributed by atoms with E-state index in [0.717, 1.165) is 5.56 Å². The third kappa shape index (κ3) is 2.14. The van der Waals surface area contributed by atoms with Gasteiger partial charge in [0.05, 0.1) is 12.3 Å². The van der Waals surface area contributed by atoms with E-state index in [9.17, 15) is 4.39 Å². The molecule has 0 bridgehead atoms. The molecule has 1 unspecified atom stereocenters. The van der Waals surface area contributed by atoms with Crippen molar-refractivity contribution in [2.24, 2.45) is 5.73 Å². The van der Waals surface area contributed by atoms with Gasteiger partial charge in [0.15, 0.2) is 4.67 Å². The van der Waals surface area contributed by atoms with Gasteiger partial charge in [-0.1, -0.05) is 11.6 Å². The van der Waals surface area contributed by atoms with Crippen LogP contribution in [-0.2, 0) is 0 Å². The monoisotopic (exact) mass is 303 g/mol. The summed E-state index contributed by atoms with van der Waals surface area (Å²) in [5, 5.41) is 0.432. The molecule has 5 heteroatoms. The Bertz CT molecular complexity index is 514. The van der Waals surface area contributed by atoms with E-state index >= 15 is 0 Å². The van der Waals surface area contributed by atoms with Crippen LogP contribution in [0.2, 0.25) is 5.02 Å². The molecule has 1 aromatic carbocycles. The van der Waals surface area contributed by atoms with Crippen molar-refractivity contribution in [2.45, 2.75) is 6.04 Å². The molecule has 0 saturated heterocycles. The normalized spacial score (nSPS) is 12.8. The van der Waals surface area contributed by atoms with Crippen molar-refractivity contribution in [1.82, 2.24) is 0 Å². The standard InChI is InChI=1S/C11H8BrClFNO/c12-11-7(3-4-16-11)10(15)8-5-6(14)1-2-9(8)13/h1-5,10H,15H2. The molecule has 0 aliphatic heterocycles. The Morgan fingerprint density at radius 3 is 2.69 bits per heavy atom. The fourth-order valence-corrected chi connectivity index (χ4v) is 2.17. The van der Waals surface area contributed by atoms with E-state index in [2.05, 4.69) is 15.9 Å². The molecular weight excluding hydrogens is 296 g/mol. The van der Waals surface area contributed by atoms with Gasteiger partial charge in [0.1, 0.15) is 5.82 Å². The van der Waals surface area contributed by atoms with Gasteiger partial charge in [-0.2, -0.15) is 0 Å². The van der Waals surface area contributed by atoms with Crippen molar-refractivity contribution >= 4 is 27.5 Å². The predicted molar refractivity (Wildman–Crippen MR) is 63.8 cm³/mol. The van der Waals surface area contributed by atoms with Crippen LogP contribution in [0.3, 0.4) is 0 Å². The maximum Gasteiger partial charge on any atom is 0.174 e. The lowest BCUT2D eigenvalue weighted by atomic mass is 10.0. The van der Waals surface area contributed by atoms with Crippen LogP contribution in [0.15, 0.2) is 39.6 Å². The molecule has 2 aromatic rings. The molecule has 1 atom stereocenters. The summed E-state index contributed by atoms with van der Waals surface area (Å²) in [6, 6.07) is 5.31. The first-order valence-electron chi connectivity index (χ1n) is 4.53. The van der Waals surface area contributed by atoms with Crippen LogP contribution in [-0.4, -0.2) is 0 Å². The zero-order valence-electron chi connectivity index (χ0n) is 8.08. The van der Waals surface area contributed by atoms with Crippen molar-refractivity contribution in [2.75, 3.05) is 0 Å². The first-order chi connectivity index (χ1) is 7.59. The van der Waals surface area contributed by atoms with Crippen LogP contribution in [0.5, 0.6) is 0 Å². The van der Waals surface area contributed by atoms with E-state index in [1.165, 1.54) is 24.5 Å². The second-order valence-electron chi connectivity index (χ2n) is 3.29. The summed E-state index contributed by atoms with van der Waals surface area (Å²) < 4.78 is 18.7. The van der Waals surface area contributed by atoms with Crippen LogP contribution in [0.4, 0.5) is 4.39 Å². The van der Waals surface area contributed by atoms with Crippen LogP contribution < -0.4 is 5.73 Å². The number of hydrogen-bond donors (Lipinski definition) is 1. The van der Waals surface area contributed by atoms with Gasteiger partial charge in [-0.25, -0.2) is 4.39 Å². The maximum atomic E-state index is 13.1. The van der Waals surface area contributed by atoms with Crippen molar-refractivity contribution in [1.29, 1.82) is 0 Å². The molecule has 2 N–H and O–H groups in total. The summed E-state index contributed by atoms with van der Waals surface area (Å²) in [5.41, 5.74) is 7.25. The Morgan fingerprint density at radius 1 is 1.31 bits per heavy atom. The van der Waals surface area contributed by atoms with Crippen molar-refractivity contribution in [3.8, 4) is 0 Å². The minimum atomic E-state index is -0.517. The minimum Gasteiger partial charge on any atom is -0.457 e. The van der Waals surface area contributed by atoms with Crippen molar-refractivity contribution < 1.29 is 8.81 Å². The van der Waals surface area contributed by atoms with Gasteiger partial charge in [-0.05, 0) is 45.8 Å². The summed E-state index contributed by atoms with van der Waals surface area (Å²) in [6.07, 6.45) is 1.51. The highest BCUT2D eigenvalue weighted by molar-refractivity contribution is 9.10. The second-order valence-corrected chi connectivity index (χ2v) is 4.42. The number of furan rings is 1. The third-order valence-electron chi connectivity index (χ3n) is 2.27. The van der Waals surface area contributed by atoms with E-state index in [-0.39, 0.29) is 5.82 Å². The first-order valence-corrected chi connectivity index (χ1v) is 5.70. The van der Waals surface area contributed by atoms with Gasteiger partial charge in [0.2, 0.25) is 0 Å². The fourth-order valence-electron chi connectivity index (χ4n) is 1.45. The van der Waals surface area contributed by atoms with Gasteiger partial charge in [0, 0.05) is 10.6 Å². The van der Waals surface area contributed by atoms with Crippen LogP contribution in [0.1, 0.15) is 17.2 Å². The van der Waals surface area contributed by atoms with Crippen molar-refractivity contribution in [3.05, 3.63) is 57.2 Å². The summed E-state index contributed by atoms with van der Waals surface area (Å²) in [7, 11) is 0. The van der Waals surface area contributed by atoms with Gasteiger partial charge in [-0.3, -0.25) is 0 Å². The van der Waals surface area contributed by atoms with E-state index in [0.29, 0.717) is 15.3 Å². The van der Waals surface area contributed by atoms with Gasteiger partial charge < -0.3 is 10.2 Å². The molecule has 1 heterocycles. The number of nitrogens with two attached hydrogens (primary N) is 1. The smallest absolute Gasteiger partial charge is 0.174 e. The largest absolute Gasteiger partial charge is 0.457 e. The molecule has 0 amide bonds. The van der Waals surface area contributed by atoms with E-state index in [1.807, 2.05) is 0 Å². The molecule has 84 valence electrons. The number of rotatable bonds is 2. The molecule has 0 radical (unpaired) electrons. The highest BCUT2D eigenvalue weighted by Gasteiger charge is 2.17. The molecule has 0 aliphatic carbocycles. The average molecular weight is 305 g/mol. The lowest BCUT2D eigenvalue weighted by Crippen LogP contribution is -2.12. The molecule has 0 spiro atoms. The maximum absolute atomic E-state index is 13.1. The predicted octanol–water partition coefficient (Wildman–Crippen LogP) is 3.88. The molecule has 16 heavy (non-hydrogen) atoms. The quantitative estimate of drug-likeness (QED) is 0.914. The summed E-state index contributed by atoms with van der Waals surface area (Å²) in [4.78, 5) is 0. The Balaban J connectivity index is 2.45. The molecule has 0 aliphatic rings.